The molecule has 1 aliphatic heterocycles. The van der Waals surface area contributed by atoms with Crippen LogP contribution in [0.1, 0.15) is 36.8 Å². The molecule has 0 spiro atoms. The van der Waals surface area contributed by atoms with E-state index in [1.54, 1.807) is 28.2 Å². The van der Waals surface area contributed by atoms with Gasteiger partial charge in [-0.05, 0) is 31.2 Å². The van der Waals surface area contributed by atoms with E-state index in [2.05, 4.69) is 47.1 Å². The van der Waals surface area contributed by atoms with Gasteiger partial charge in [0.05, 0.1) is 31.6 Å². The van der Waals surface area contributed by atoms with Gasteiger partial charge in [-0.25, -0.2) is 19.7 Å². The zero-order valence-electron chi connectivity index (χ0n) is 23.8. The summed E-state index contributed by atoms with van der Waals surface area (Å²) in [5.74, 6) is 1.34. The van der Waals surface area contributed by atoms with Crippen LogP contribution in [0.4, 0.5) is 22.5 Å². The molecule has 1 aromatic carbocycles. The van der Waals surface area contributed by atoms with Crippen LogP contribution in [0.2, 0.25) is 0 Å². The fraction of sp³-hybridized carbons (Fsp3) is 0.367. The lowest BCUT2D eigenvalue weighted by Gasteiger charge is -2.36. The Kier molecular flexibility index (Phi) is 8.37. The van der Waals surface area contributed by atoms with Gasteiger partial charge in [-0.2, -0.15) is 15.3 Å². The number of benzene rings is 1. The van der Waals surface area contributed by atoms with Gasteiger partial charge in [-0.3, -0.25) is 9.58 Å². The zero-order valence-corrected chi connectivity index (χ0v) is 23.8. The highest BCUT2D eigenvalue weighted by atomic mass is 16.5. The van der Waals surface area contributed by atoms with E-state index >= 15 is 0 Å². The Morgan fingerprint density at radius 2 is 1.77 bits per heavy atom. The molecule has 43 heavy (non-hydrogen) atoms. The van der Waals surface area contributed by atoms with Crippen molar-refractivity contribution in [2.75, 3.05) is 28.7 Å². The number of aromatic nitrogens is 6. The first-order valence-electron chi connectivity index (χ1n) is 14.4. The van der Waals surface area contributed by atoms with Gasteiger partial charge in [0, 0.05) is 55.4 Å². The summed E-state index contributed by atoms with van der Waals surface area (Å²) in [6.45, 7) is 1.58. The van der Waals surface area contributed by atoms with Crippen LogP contribution in [0.25, 0.3) is 11.1 Å². The van der Waals surface area contributed by atoms with Crippen molar-refractivity contribution in [3.05, 3.63) is 72.4 Å². The van der Waals surface area contributed by atoms with Crippen LogP contribution in [0, 0.1) is 11.3 Å². The van der Waals surface area contributed by atoms with Crippen molar-refractivity contribution in [3.8, 4) is 17.2 Å². The number of ether oxygens (including phenoxy) is 1. The molecular weight excluding hydrogens is 546 g/mol. The minimum absolute atomic E-state index is 0.0872. The highest BCUT2D eigenvalue weighted by molar-refractivity contribution is 5.90. The van der Waals surface area contributed by atoms with Crippen LogP contribution in [0.15, 0.2) is 61.3 Å². The molecule has 0 atom stereocenters. The van der Waals surface area contributed by atoms with E-state index in [-0.39, 0.29) is 24.2 Å². The van der Waals surface area contributed by atoms with E-state index in [0.29, 0.717) is 43.0 Å². The summed E-state index contributed by atoms with van der Waals surface area (Å²) in [4.78, 5) is 33.4. The Morgan fingerprint density at radius 1 is 1.00 bits per heavy atom. The molecule has 2 amide bonds. The van der Waals surface area contributed by atoms with Crippen LogP contribution in [-0.2, 0) is 18.3 Å². The molecule has 3 N–H and O–H groups in total. The first-order chi connectivity index (χ1) is 21.1. The average molecular weight is 580 g/mol. The summed E-state index contributed by atoms with van der Waals surface area (Å²) in [5.41, 5.74) is 3.14. The van der Waals surface area contributed by atoms with Gasteiger partial charge in [0.2, 0.25) is 11.9 Å². The third kappa shape index (κ3) is 6.70. The summed E-state index contributed by atoms with van der Waals surface area (Å²) in [6, 6.07) is 11.9. The molecule has 1 aliphatic carbocycles. The normalized spacial score (nSPS) is 18.2. The van der Waals surface area contributed by atoms with Crippen molar-refractivity contribution in [3.63, 3.8) is 0 Å². The molecular formula is C30H33N11O2. The van der Waals surface area contributed by atoms with E-state index in [9.17, 15) is 10.1 Å². The molecule has 4 heterocycles. The van der Waals surface area contributed by atoms with E-state index in [1.165, 1.54) is 6.20 Å². The van der Waals surface area contributed by atoms with E-state index < -0.39 is 0 Å². The number of aryl methyl sites for hydroxylation is 1. The van der Waals surface area contributed by atoms with Gasteiger partial charge >= 0.3 is 6.03 Å². The van der Waals surface area contributed by atoms with Gasteiger partial charge in [0.15, 0.2) is 0 Å². The number of rotatable bonds is 9. The highest BCUT2D eigenvalue weighted by Gasteiger charge is 2.32. The zero-order chi connectivity index (χ0) is 29.6. The lowest BCUT2D eigenvalue weighted by atomic mass is 9.90. The number of nitriles is 1. The number of carbonyl (C=O) groups excluding carboxylic acids is 1. The maximum absolute atomic E-state index is 13.6. The number of hydrogen-bond donors (Lipinski definition) is 3. The van der Waals surface area contributed by atoms with Crippen LogP contribution in [0.5, 0.6) is 0 Å². The molecule has 13 heteroatoms. The SMILES string of the molecule is Cn1cc(-c2cnc(N(C(=O)NCc3ccccc3)C3CCC(Nc4ncc(C#N)c(NC5COC5)n4)CC3)nc2)cn1. The summed E-state index contributed by atoms with van der Waals surface area (Å²) in [7, 11) is 1.86. The van der Waals surface area contributed by atoms with Gasteiger partial charge in [0.25, 0.3) is 0 Å². The second kappa shape index (κ2) is 12.8. The second-order valence-corrected chi connectivity index (χ2v) is 10.8. The van der Waals surface area contributed by atoms with Crippen LogP contribution < -0.4 is 20.9 Å². The van der Waals surface area contributed by atoms with Gasteiger partial charge < -0.3 is 20.7 Å². The van der Waals surface area contributed by atoms with Crippen molar-refractivity contribution in [1.82, 2.24) is 35.0 Å². The van der Waals surface area contributed by atoms with Crippen molar-refractivity contribution >= 4 is 23.7 Å². The van der Waals surface area contributed by atoms with Gasteiger partial charge in [-0.15, -0.1) is 0 Å². The van der Waals surface area contributed by atoms with Crippen molar-refractivity contribution < 1.29 is 9.53 Å². The third-order valence-corrected chi connectivity index (χ3v) is 7.68. The number of urea groups is 1. The van der Waals surface area contributed by atoms with Crippen LogP contribution in [0.3, 0.4) is 0 Å². The number of anilines is 3. The Hall–Kier alpha value is -5.09. The molecule has 3 aromatic heterocycles. The quantitative estimate of drug-likeness (QED) is 0.268. The molecule has 0 bridgehead atoms. The second-order valence-electron chi connectivity index (χ2n) is 10.8. The molecule has 2 aliphatic rings. The van der Waals surface area contributed by atoms with E-state index in [1.807, 2.05) is 43.6 Å². The van der Waals surface area contributed by atoms with Gasteiger partial charge in [0.1, 0.15) is 17.5 Å². The van der Waals surface area contributed by atoms with Crippen molar-refractivity contribution in [2.24, 2.45) is 7.05 Å². The monoisotopic (exact) mass is 579 g/mol. The Bertz CT molecular complexity index is 1570. The Balaban J connectivity index is 1.14. The molecule has 6 rings (SSSR count). The molecule has 1 saturated carbocycles. The Morgan fingerprint density at radius 3 is 2.42 bits per heavy atom. The molecule has 0 unspecified atom stereocenters. The fourth-order valence-electron chi connectivity index (χ4n) is 5.26. The summed E-state index contributed by atoms with van der Waals surface area (Å²) in [6.07, 6.45) is 11.7. The summed E-state index contributed by atoms with van der Waals surface area (Å²) in [5, 5.41) is 23.4. The predicted molar refractivity (Wildman–Crippen MR) is 160 cm³/mol. The first-order valence-corrected chi connectivity index (χ1v) is 14.4. The molecule has 220 valence electrons. The maximum Gasteiger partial charge on any atom is 0.324 e. The third-order valence-electron chi connectivity index (χ3n) is 7.68. The largest absolute Gasteiger partial charge is 0.377 e. The number of nitrogens with one attached hydrogen (secondary N) is 3. The number of nitrogens with zero attached hydrogens (tertiary/aromatic N) is 8. The number of amides is 2. The average Bonchev–Trinajstić information content (AvgIpc) is 3.46. The molecule has 0 radical (unpaired) electrons. The summed E-state index contributed by atoms with van der Waals surface area (Å²) < 4.78 is 6.95. The number of carbonyl (C=O) groups is 1. The van der Waals surface area contributed by atoms with Crippen LogP contribution in [-0.4, -0.2) is 67.1 Å². The molecule has 13 nitrogen and oxygen atoms in total. The standard InChI is InChI=1S/C30H33N11O2/c1-40-17-23(16-36-40)22-14-33-29(34-15-22)41(30(42)35-12-20-5-3-2-4-6-20)26-9-7-24(8-10-26)38-28-32-13-21(11-31)27(39-28)37-25-18-43-19-25/h2-6,13-17,24-26H,7-10,12,18-19H2,1H3,(H,35,42)(H2,32,37,38,39). The van der Waals surface area contributed by atoms with E-state index in [0.717, 1.165) is 42.4 Å². The number of hydrogen-bond acceptors (Lipinski definition) is 10. The topological polar surface area (TPSA) is 159 Å². The minimum Gasteiger partial charge on any atom is -0.377 e. The lowest BCUT2D eigenvalue weighted by molar-refractivity contribution is 0.0209. The van der Waals surface area contributed by atoms with E-state index in [4.69, 9.17) is 4.74 Å². The molecule has 4 aromatic rings. The van der Waals surface area contributed by atoms with Crippen molar-refractivity contribution in [1.29, 1.82) is 5.26 Å². The van der Waals surface area contributed by atoms with Crippen LogP contribution >= 0.6 is 0 Å². The fourth-order valence-corrected chi connectivity index (χ4v) is 5.26. The molecule has 1 saturated heterocycles. The van der Waals surface area contributed by atoms with Crippen molar-refractivity contribution in [2.45, 2.75) is 50.4 Å². The minimum atomic E-state index is -0.236. The smallest absolute Gasteiger partial charge is 0.324 e. The molecule has 2 fully saturated rings. The Labute approximate surface area is 249 Å². The predicted octanol–water partition coefficient (Wildman–Crippen LogP) is 3.49. The maximum atomic E-state index is 13.6. The summed E-state index contributed by atoms with van der Waals surface area (Å²) >= 11 is 0. The first kappa shape index (κ1) is 28.0. The lowest BCUT2D eigenvalue weighted by Crippen LogP contribution is -2.49. The van der Waals surface area contributed by atoms with Gasteiger partial charge in [-0.1, -0.05) is 30.3 Å². The highest BCUT2D eigenvalue weighted by Crippen LogP contribution is 2.29.